The molecule has 0 spiro atoms. The van der Waals surface area contributed by atoms with E-state index in [0.29, 0.717) is 17.2 Å². The van der Waals surface area contributed by atoms with E-state index in [1.807, 2.05) is 12.1 Å². The highest BCUT2D eigenvalue weighted by Gasteiger charge is 2.12. The van der Waals surface area contributed by atoms with Crippen molar-refractivity contribution >= 4 is 23.0 Å². The van der Waals surface area contributed by atoms with Gasteiger partial charge in [0.1, 0.15) is 0 Å². The summed E-state index contributed by atoms with van der Waals surface area (Å²) in [5.41, 5.74) is 2.84. The first kappa shape index (κ1) is 17.3. The molecule has 0 saturated heterocycles. The van der Waals surface area contributed by atoms with Crippen molar-refractivity contribution in [3.63, 3.8) is 0 Å². The molecule has 5 heteroatoms. The molecule has 2 nitrogen and oxygen atoms in total. The van der Waals surface area contributed by atoms with Crippen LogP contribution in [-0.2, 0) is 12.0 Å². The van der Waals surface area contributed by atoms with Gasteiger partial charge in [-0.1, -0.05) is 39.0 Å². The van der Waals surface area contributed by atoms with Crippen molar-refractivity contribution in [2.24, 2.45) is 0 Å². The number of benzene rings is 2. The number of hydrogen-bond acceptors (Lipinski definition) is 1. The van der Waals surface area contributed by atoms with E-state index in [0.717, 1.165) is 17.8 Å². The number of rotatable bonds is 3. The summed E-state index contributed by atoms with van der Waals surface area (Å²) >= 11 is 5.21. The van der Waals surface area contributed by atoms with Gasteiger partial charge in [0.15, 0.2) is 16.7 Å². The molecule has 2 aromatic carbocycles. The van der Waals surface area contributed by atoms with E-state index in [2.05, 4.69) is 43.5 Å². The Bertz CT molecular complexity index is 691. The lowest BCUT2D eigenvalue weighted by molar-refractivity contribution is 0.507. The Morgan fingerprint density at radius 2 is 1.65 bits per heavy atom. The predicted molar refractivity (Wildman–Crippen MR) is 94.6 cm³/mol. The lowest BCUT2D eigenvalue weighted by Crippen LogP contribution is -2.28. The minimum Gasteiger partial charge on any atom is -0.358 e. The van der Waals surface area contributed by atoms with Gasteiger partial charge in [-0.2, -0.15) is 0 Å². The quantitative estimate of drug-likeness (QED) is 0.792. The second kappa shape index (κ2) is 7.04. The number of thiocarbonyl (C=S) groups is 1. The van der Waals surface area contributed by atoms with E-state index in [4.69, 9.17) is 12.2 Å². The average Bonchev–Trinajstić information content (AvgIpc) is 2.48. The first-order valence-electron chi connectivity index (χ1n) is 7.35. The Balaban J connectivity index is 1.90. The maximum atomic E-state index is 13.1. The monoisotopic (exact) mass is 334 g/mol. The van der Waals surface area contributed by atoms with Crippen LogP contribution in [-0.4, -0.2) is 5.11 Å². The highest BCUT2D eigenvalue weighted by Crippen LogP contribution is 2.23. The lowest BCUT2D eigenvalue weighted by atomic mass is 9.87. The molecule has 0 radical (unpaired) electrons. The molecule has 0 aliphatic carbocycles. The molecule has 23 heavy (non-hydrogen) atoms. The number of nitrogens with one attached hydrogen (secondary N) is 2. The van der Waals surface area contributed by atoms with Gasteiger partial charge in [0.25, 0.3) is 0 Å². The molecule has 0 bridgehead atoms. The molecular formula is C18H20F2N2S. The molecule has 0 unspecified atom stereocenters. The van der Waals surface area contributed by atoms with Gasteiger partial charge >= 0.3 is 0 Å². The van der Waals surface area contributed by atoms with Crippen molar-refractivity contribution in [3.05, 3.63) is 65.2 Å². The third-order valence-electron chi connectivity index (χ3n) is 3.45. The Kier molecular flexibility index (Phi) is 5.31. The molecule has 0 aliphatic heterocycles. The molecule has 0 aliphatic rings. The van der Waals surface area contributed by atoms with E-state index in [1.165, 1.54) is 11.6 Å². The van der Waals surface area contributed by atoms with Crippen LogP contribution in [0.1, 0.15) is 31.9 Å². The van der Waals surface area contributed by atoms with Crippen LogP contribution in [0.4, 0.5) is 14.5 Å². The van der Waals surface area contributed by atoms with Gasteiger partial charge in [0, 0.05) is 12.2 Å². The summed E-state index contributed by atoms with van der Waals surface area (Å²) in [5.74, 6) is -1.71. The topological polar surface area (TPSA) is 24.1 Å². The van der Waals surface area contributed by atoms with Crippen LogP contribution >= 0.6 is 12.2 Å². The van der Waals surface area contributed by atoms with Gasteiger partial charge in [-0.15, -0.1) is 0 Å². The van der Waals surface area contributed by atoms with Gasteiger partial charge in [0.05, 0.1) is 0 Å². The second-order valence-corrected chi connectivity index (χ2v) is 6.79. The normalized spacial score (nSPS) is 11.2. The molecule has 2 N–H and O–H groups in total. The van der Waals surface area contributed by atoms with E-state index in [-0.39, 0.29) is 5.41 Å². The van der Waals surface area contributed by atoms with Gasteiger partial charge in [-0.3, -0.25) is 0 Å². The predicted octanol–water partition coefficient (Wildman–Crippen LogP) is 4.75. The van der Waals surface area contributed by atoms with Crippen molar-refractivity contribution in [3.8, 4) is 0 Å². The zero-order chi connectivity index (χ0) is 17.0. The summed E-state index contributed by atoms with van der Waals surface area (Å²) in [6, 6.07) is 11.8. The summed E-state index contributed by atoms with van der Waals surface area (Å²) < 4.78 is 26.0. The van der Waals surface area contributed by atoms with Crippen LogP contribution in [0.5, 0.6) is 0 Å². The molecule has 0 fully saturated rings. The third-order valence-corrected chi connectivity index (χ3v) is 3.69. The maximum absolute atomic E-state index is 13.1. The van der Waals surface area contributed by atoms with Gasteiger partial charge < -0.3 is 10.6 Å². The van der Waals surface area contributed by atoms with Crippen molar-refractivity contribution in [2.45, 2.75) is 32.7 Å². The van der Waals surface area contributed by atoms with Gasteiger partial charge in [-0.05, 0) is 53.0 Å². The third kappa shape index (κ3) is 4.99. The first-order valence-corrected chi connectivity index (χ1v) is 7.76. The van der Waals surface area contributed by atoms with Crippen molar-refractivity contribution < 1.29 is 8.78 Å². The number of anilines is 1. The summed E-state index contributed by atoms with van der Waals surface area (Å²) in [7, 11) is 0. The molecular weight excluding hydrogens is 314 g/mol. The summed E-state index contributed by atoms with van der Waals surface area (Å²) in [6.45, 7) is 6.79. The van der Waals surface area contributed by atoms with Crippen molar-refractivity contribution in [1.82, 2.24) is 5.32 Å². The summed E-state index contributed by atoms with van der Waals surface area (Å²) in [6.07, 6.45) is 0. The van der Waals surface area contributed by atoms with Crippen LogP contribution in [0.2, 0.25) is 0 Å². The molecule has 0 amide bonds. The fourth-order valence-corrected chi connectivity index (χ4v) is 2.25. The fourth-order valence-electron chi connectivity index (χ4n) is 2.06. The van der Waals surface area contributed by atoms with Gasteiger partial charge in [-0.25, -0.2) is 8.78 Å². The zero-order valence-electron chi connectivity index (χ0n) is 13.4. The lowest BCUT2D eigenvalue weighted by Gasteiger charge is -2.19. The SMILES string of the molecule is CC(C)(C)c1ccc(NC(=S)NCc2ccc(F)c(F)c2)cc1. The van der Waals surface area contributed by atoms with Crippen molar-refractivity contribution in [1.29, 1.82) is 0 Å². The number of hydrogen-bond donors (Lipinski definition) is 2. The van der Waals surface area contributed by atoms with E-state index < -0.39 is 11.6 Å². The highest BCUT2D eigenvalue weighted by atomic mass is 32.1. The minimum atomic E-state index is -0.860. The molecule has 0 atom stereocenters. The molecule has 0 heterocycles. The van der Waals surface area contributed by atoms with Gasteiger partial charge in [0.2, 0.25) is 0 Å². The largest absolute Gasteiger partial charge is 0.358 e. The molecule has 0 saturated carbocycles. The Hall–Kier alpha value is -2.01. The van der Waals surface area contributed by atoms with Crippen LogP contribution in [0.3, 0.4) is 0 Å². The van der Waals surface area contributed by atoms with Crippen LogP contribution < -0.4 is 10.6 Å². The van der Waals surface area contributed by atoms with E-state index >= 15 is 0 Å². The Labute approximate surface area is 140 Å². The Morgan fingerprint density at radius 1 is 1.00 bits per heavy atom. The van der Waals surface area contributed by atoms with E-state index in [9.17, 15) is 8.78 Å². The van der Waals surface area contributed by atoms with E-state index in [1.54, 1.807) is 0 Å². The second-order valence-electron chi connectivity index (χ2n) is 6.38. The minimum absolute atomic E-state index is 0.101. The highest BCUT2D eigenvalue weighted by molar-refractivity contribution is 7.80. The molecule has 0 aromatic heterocycles. The zero-order valence-corrected chi connectivity index (χ0v) is 14.2. The van der Waals surface area contributed by atoms with Crippen LogP contribution in [0.25, 0.3) is 0 Å². The van der Waals surface area contributed by atoms with Crippen LogP contribution in [0.15, 0.2) is 42.5 Å². The maximum Gasteiger partial charge on any atom is 0.171 e. The molecule has 2 aromatic rings. The average molecular weight is 334 g/mol. The summed E-state index contributed by atoms with van der Waals surface area (Å²) in [4.78, 5) is 0. The Morgan fingerprint density at radius 3 is 2.22 bits per heavy atom. The molecule has 2 rings (SSSR count). The molecule has 122 valence electrons. The van der Waals surface area contributed by atoms with Crippen LogP contribution in [0, 0.1) is 11.6 Å². The first-order chi connectivity index (χ1) is 10.8. The standard InChI is InChI=1S/C18H20F2N2S/c1-18(2,3)13-5-7-14(8-6-13)22-17(23)21-11-12-4-9-15(19)16(20)10-12/h4-10H,11H2,1-3H3,(H2,21,22,23). The smallest absolute Gasteiger partial charge is 0.171 e. The van der Waals surface area contributed by atoms with Crippen molar-refractivity contribution in [2.75, 3.05) is 5.32 Å². The fraction of sp³-hybridized carbons (Fsp3) is 0.278. The summed E-state index contributed by atoms with van der Waals surface area (Å²) in [5, 5.41) is 6.47. The number of halogens is 2.